The number of rotatable bonds is 4. The highest BCUT2D eigenvalue weighted by atomic mass is 32.1. The fraction of sp³-hybridized carbons (Fsp3) is 0.688. The van der Waals surface area contributed by atoms with E-state index in [9.17, 15) is 9.59 Å². The molecule has 1 fully saturated rings. The number of carbonyl (C=O) groups is 2. The fourth-order valence-electron chi connectivity index (χ4n) is 2.64. The van der Waals surface area contributed by atoms with Gasteiger partial charge in [-0.15, -0.1) is 11.3 Å². The van der Waals surface area contributed by atoms with Crippen molar-refractivity contribution in [3.8, 4) is 0 Å². The number of thiazole rings is 1. The number of amides is 1. The van der Waals surface area contributed by atoms with Gasteiger partial charge in [-0.1, -0.05) is 6.92 Å². The monoisotopic (exact) mass is 324 g/mol. The maximum atomic E-state index is 12.3. The summed E-state index contributed by atoms with van der Waals surface area (Å²) in [5.41, 5.74) is 0.434. The molecule has 0 saturated carbocycles. The average Bonchev–Trinajstić information content (AvgIpc) is 2.95. The van der Waals surface area contributed by atoms with Crippen LogP contribution in [0.2, 0.25) is 0 Å². The zero-order valence-corrected chi connectivity index (χ0v) is 14.7. The summed E-state index contributed by atoms with van der Waals surface area (Å²) in [7, 11) is 0. The first-order chi connectivity index (χ1) is 10.2. The molecule has 0 N–H and O–H groups in total. The van der Waals surface area contributed by atoms with E-state index in [0.29, 0.717) is 19.4 Å². The van der Waals surface area contributed by atoms with Gasteiger partial charge in [-0.05, 0) is 34.1 Å². The predicted molar refractivity (Wildman–Crippen MR) is 85.8 cm³/mol. The summed E-state index contributed by atoms with van der Waals surface area (Å²) in [4.78, 5) is 30.8. The lowest BCUT2D eigenvalue weighted by atomic mass is 10.1. The number of aromatic nitrogens is 1. The van der Waals surface area contributed by atoms with Crippen LogP contribution in [0.1, 0.15) is 57.2 Å². The summed E-state index contributed by atoms with van der Waals surface area (Å²) in [6.45, 7) is 9.91. The number of ether oxygens (including phenoxy) is 1. The van der Waals surface area contributed by atoms with E-state index >= 15 is 0 Å². The molecule has 6 heteroatoms. The quantitative estimate of drug-likeness (QED) is 0.799. The summed E-state index contributed by atoms with van der Waals surface area (Å²) in [6, 6.07) is -0.502. The smallest absolute Gasteiger partial charge is 0.329 e. The molecule has 122 valence electrons. The predicted octanol–water partition coefficient (Wildman–Crippen LogP) is 2.89. The molecule has 2 heterocycles. The third kappa shape index (κ3) is 3.85. The summed E-state index contributed by atoms with van der Waals surface area (Å²) in [6.07, 6.45) is 0.983. The molecule has 1 saturated heterocycles. The molecule has 0 spiro atoms. The standard InChI is InChI=1S/C16H24N2O3S/c1-6-12(15(20)21-16(3,4)5)18-8-11(7-13(18)19)14-17-10(2)9-22-14/h9,11-12H,6-8H2,1-5H3/t11-,12+/m1/s1. The van der Waals surface area contributed by atoms with Crippen LogP contribution in [0.3, 0.4) is 0 Å². The maximum Gasteiger partial charge on any atom is 0.329 e. The minimum atomic E-state index is -0.543. The molecule has 0 unspecified atom stereocenters. The molecule has 0 aliphatic carbocycles. The van der Waals surface area contributed by atoms with Gasteiger partial charge in [0.2, 0.25) is 5.91 Å². The highest BCUT2D eigenvalue weighted by Crippen LogP contribution is 2.32. The number of hydrogen-bond donors (Lipinski definition) is 0. The molecule has 1 amide bonds. The zero-order valence-electron chi connectivity index (χ0n) is 13.9. The van der Waals surface area contributed by atoms with E-state index in [1.54, 1.807) is 16.2 Å². The second kappa shape index (κ2) is 6.36. The summed E-state index contributed by atoms with van der Waals surface area (Å²) in [5, 5.41) is 2.97. The van der Waals surface area contributed by atoms with Crippen LogP contribution in [-0.2, 0) is 14.3 Å². The van der Waals surface area contributed by atoms with Crippen molar-refractivity contribution in [3.05, 3.63) is 16.1 Å². The van der Waals surface area contributed by atoms with Gasteiger partial charge in [0.25, 0.3) is 0 Å². The van der Waals surface area contributed by atoms with Crippen LogP contribution < -0.4 is 0 Å². The van der Waals surface area contributed by atoms with Gasteiger partial charge in [-0.25, -0.2) is 9.78 Å². The van der Waals surface area contributed by atoms with Gasteiger partial charge in [-0.3, -0.25) is 4.79 Å². The van der Waals surface area contributed by atoms with Crippen molar-refractivity contribution < 1.29 is 14.3 Å². The number of aryl methyl sites for hydroxylation is 1. The minimum Gasteiger partial charge on any atom is -0.458 e. The topological polar surface area (TPSA) is 59.5 Å². The second-order valence-corrected chi connectivity index (χ2v) is 7.62. The molecule has 1 aromatic heterocycles. The number of hydrogen-bond acceptors (Lipinski definition) is 5. The van der Waals surface area contributed by atoms with Crippen LogP contribution in [0.4, 0.5) is 0 Å². The van der Waals surface area contributed by atoms with E-state index in [1.165, 1.54) is 0 Å². The van der Waals surface area contributed by atoms with Gasteiger partial charge in [0.05, 0.1) is 5.01 Å². The first-order valence-corrected chi connectivity index (χ1v) is 8.53. The lowest BCUT2D eigenvalue weighted by Crippen LogP contribution is -2.44. The van der Waals surface area contributed by atoms with Gasteiger partial charge in [0.1, 0.15) is 11.6 Å². The molecule has 5 nitrogen and oxygen atoms in total. The Labute approximate surface area is 135 Å². The Morgan fingerprint density at radius 3 is 2.73 bits per heavy atom. The van der Waals surface area contributed by atoms with Gasteiger partial charge in [0.15, 0.2) is 0 Å². The lowest BCUT2D eigenvalue weighted by molar-refractivity contribution is -0.163. The normalized spacial score (nSPS) is 20.3. The SMILES string of the molecule is CC[C@@H](C(=O)OC(C)(C)C)N1C[C@H](c2nc(C)cs2)CC1=O. The molecule has 1 aliphatic heterocycles. The summed E-state index contributed by atoms with van der Waals surface area (Å²) in [5.74, 6) is -0.224. The molecule has 0 aromatic carbocycles. The molecule has 1 aromatic rings. The summed E-state index contributed by atoms with van der Waals surface area (Å²) < 4.78 is 5.45. The van der Waals surface area contributed by atoms with Crippen molar-refractivity contribution in [2.24, 2.45) is 0 Å². The van der Waals surface area contributed by atoms with Gasteiger partial charge < -0.3 is 9.64 Å². The Kier molecular flexibility index (Phi) is 4.90. The van der Waals surface area contributed by atoms with Crippen LogP contribution in [0.15, 0.2) is 5.38 Å². The third-order valence-electron chi connectivity index (χ3n) is 3.59. The fourth-order valence-corrected chi connectivity index (χ4v) is 3.53. The van der Waals surface area contributed by atoms with Crippen LogP contribution >= 0.6 is 11.3 Å². The minimum absolute atomic E-state index is 0.00978. The largest absolute Gasteiger partial charge is 0.458 e. The van der Waals surface area contributed by atoms with Crippen molar-refractivity contribution in [3.63, 3.8) is 0 Å². The third-order valence-corrected chi connectivity index (χ3v) is 4.71. The highest BCUT2D eigenvalue weighted by molar-refractivity contribution is 7.09. The molecular weight excluding hydrogens is 300 g/mol. The first-order valence-electron chi connectivity index (χ1n) is 7.65. The number of esters is 1. The molecule has 2 rings (SSSR count). The van der Waals surface area contributed by atoms with Crippen molar-refractivity contribution >= 4 is 23.2 Å². The van der Waals surface area contributed by atoms with Gasteiger partial charge in [0, 0.05) is 30.0 Å². The van der Waals surface area contributed by atoms with Crippen LogP contribution in [-0.4, -0.2) is 39.9 Å². The molecular formula is C16H24N2O3S. The number of carbonyl (C=O) groups excluding carboxylic acids is 2. The molecule has 22 heavy (non-hydrogen) atoms. The van der Waals surface area contributed by atoms with Gasteiger partial charge in [-0.2, -0.15) is 0 Å². The molecule has 2 atom stereocenters. The average molecular weight is 324 g/mol. The van der Waals surface area contributed by atoms with E-state index in [1.807, 2.05) is 40.0 Å². The van der Waals surface area contributed by atoms with Crippen LogP contribution in [0.25, 0.3) is 0 Å². The molecule has 0 bridgehead atoms. The first kappa shape index (κ1) is 16.9. The number of likely N-dealkylation sites (tertiary alicyclic amines) is 1. The Hall–Kier alpha value is -1.43. The summed E-state index contributed by atoms with van der Waals surface area (Å²) >= 11 is 1.58. The van der Waals surface area contributed by atoms with Crippen LogP contribution in [0.5, 0.6) is 0 Å². The van der Waals surface area contributed by atoms with E-state index in [-0.39, 0.29) is 17.8 Å². The van der Waals surface area contributed by atoms with E-state index in [0.717, 1.165) is 10.7 Å². The van der Waals surface area contributed by atoms with Gasteiger partial charge >= 0.3 is 5.97 Å². The Bertz CT molecular complexity index is 562. The lowest BCUT2D eigenvalue weighted by Gasteiger charge is -2.29. The molecule has 1 aliphatic rings. The Morgan fingerprint density at radius 1 is 1.55 bits per heavy atom. The number of nitrogens with zero attached hydrogens (tertiary/aromatic N) is 2. The van der Waals surface area contributed by atoms with E-state index in [2.05, 4.69) is 4.98 Å². The van der Waals surface area contributed by atoms with Crippen molar-refractivity contribution in [1.82, 2.24) is 9.88 Å². The highest BCUT2D eigenvalue weighted by Gasteiger charge is 2.39. The van der Waals surface area contributed by atoms with Crippen molar-refractivity contribution in [2.45, 2.75) is 65.0 Å². The molecule has 0 radical (unpaired) electrons. The van der Waals surface area contributed by atoms with Crippen LogP contribution in [0, 0.1) is 6.92 Å². The van der Waals surface area contributed by atoms with Crippen molar-refractivity contribution in [2.75, 3.05) is 6.54 Å². The second-order valence-electron chi connectivity index (χ2n) is 6.73. The van der Waals surface area contributed by atoms with Crippen molar-refractivity contribution in [1.29, 1.82) is 0 Å². The maximum absolute atomic E-state index is 12.3. The van der Waals surface area contributed by atoms with E-state index in [4.69, 9.17) is 4.74 Å². The van der Waals surface area contributed by atoms with E-state index < -0.39 is 11.6 Å². The Morgan fingerprint density at radius 2 is 2.23 bits per heavy atom. The Balaban J connectivity index is 2.10. The zero-order chi connectivity index (χ0) is 16.5.